The van der Waals surface area contributed by atoms with Crippen molar-refractivity contribution in [2.45, 2.75) is 52.2 Å². The van der Waals surface area contributed by atoms with Gasteiger partial charge in [-0.2, -0.15) is 0 Å². The fourth-order valence-electron chi connectivity index (χ4n) is 2.94. The highest BCUT2D eigenvalue weighted by atomic mass is 16.7. The summed E-state index contributed by atoms with van der Waals surface area (Å²) in [7, 11) is 1.30. The smallest absolute Gasteiger partial charge is 0.332 e. The van der Waals surface area contributed by atoms with Crippen LogP contribution in [0.5, 0.6) is 0 Å². The Balaban J connectivity index is 2.53. The number of ether oxygens (including phenoxy) is 4. The van der Waals surface area contributed by atoms with Crippen molar-refractivity contribution in [1.29, 1.82) is 0 Å². The number of aromatic nitrogens is 2. The van der Waals surface area contributed by atoms with E-state index in [1.807, 2.05) is 0 Å². The summed E-state index contributed by atoms with van der Waals surface area (Å²) < 4.78 is 23.2. The van der Waals surface area contributed by atoms with Crippen molar-refractivity contribution in [2.75, 3.05) is 6.61 Å². The molecular formula is C17H22N2O9. The first kappa shape index (κ1) is 21.4. The molecule has 0 spiro atoms. The van der Waals surface area contributed by atoms with Crippen molar-refractivity contribution in [3.05, 3.63) is 32.6 Å². The van der Waals surface area contributed by atoms with Crippen LogP contribution in [0.15, 0.2) is 15.8 Å². The Morgan fingerprint density at radius 2 is 1.61 bits per heavy atom. The second-order valence-electron chi connectivity index (χ2n) is 6.38. The van der Waals surface area contributed by atoms with E-state index in [1.54, 1.807) is 0 Å². The number of carbonyl (C=O) groups is 3. The SMILES string of the molecule is CC(=O)OC[C@H]1O[C@@H](n2cc(C)c(=O)n(C)c2=O)[C@@H](OC(C)=O)C1OC(C)=O. The van der Waals surface area contributed by atoms with Crippen molar-refractivity contribution in [3.8, 4) is 0 Å². The van der Waals surface area contributed by atoms with E-state index in [2.05, 4.69) is 0 Å². The number of hydrogen-bond donors (Lipinski definition) is 0. The predicted octanol–water partition coefficient (Wildman–Crippen LogP) is -0.821. The summed E-state index contributed by atoms with van der Waals surface area (Å²) in [5, 5.41) is 0. The van der Waals surface area contributed by atoms with Gasteiger partial charge in [-0.25, -0.2) is 4.79 Å². The van der Waals surface area contributed by atoms with Crippen LogP contribution in [0.1, 0.15) is 32.6 Å². The molecule has 1 saturated heterocycles. The molecule has 0 radical (unpaired) electrons. The van der Waals surface area contributed by atoms with Gasteiger partial charge in [0.1, 0.15) is 12.7 Å². The third-order valence-electron chi connectivity index (χ3n) is 4.10. The van der Waals surface area contributed by atoms with Crippen LogP contribution >= 0.6 is 0 Å². The largest absolute Gasteiger partial charge is 0.463 e. The molecule has 0 bridgehead atoms. The van der Waals surface area contributed by atoms with Gasteiger partial charge >= 0.3 is 23.6 Å². The molecule has 2 rings (SSSR count). The molecule has 0 N–H and O–H groups in total. The van der Waals surface area contributed by atoms with E-state index >= 15 is 0 Å². The molecule has 1 aliphatic rings. The molecule has 0 aromatic carbocycles. The number of carbonyl (C=O) groups excluding carboxylic acids is 3. The normalized spacial score (nSPS) is 23.9. The molecule has 1 aromatic heterocycles. The molecular weight excluding hydrogens is 376 g/mol. The first-order valence-corrected chi connectivity index (χ1v) is 8.45. The first-order valence-electron chi connectivity index (χ1n) is 8.45. The summed E-state index contributed by atoms with van der Waals surface area (Å²) >= 11 is 0. The molecule has 4 atom stereocenters. The minimum Gasteiger partial charge on any atom is -0.463 e. The van der Waals surface area contributed by atoms with Gasteiger partial charge < -0.3 is 18.9 Å². The van der Waals surface area contributed by atoms with Crippen LogP contribution in [0.25, 0.3) is 0 Å². The minimum atomic E-state index is -1.20. The Kier molecular flexibility index (Phi) is 6.39. The van der Waals surface area contributed by atoms with Crippen molar-refractivity contribution in [2.24, 2.45) is 7.05 Å². The Labute approximate surface area is 159 Å². The van der Waals surface area contributed by atoms with Gasteiger partial charge in [0.15, 0.2) is 18.4 Å². The Hall–Kier alpha value is -2.95. The maximum Gasteiger partial charge on any atom is 0.332 e. The average Bonchev–Trinajstić information content (AvgIpc) is 2.90. The van der Waals surface area contributed by atoms with Crippen molar-refractivity contribution >= 4 is 17.9 Å². The maximum atomic E-state index is 12.6. The summed E-state index contributed by atoms with van der Waals surface area (Å²) in [6, 6.07) is 0. The third-order valence-corrected chi connectivity index (χ3v) is 4.10. The van der Waals surface area contributed by atoms with Gasteiger partial charge in [-0.15, -0.1) is 0 Å². The second-order valence-corrected chi connectivity index (χ2v) is 6.38. The maximum absolute atomic E-state index is 12.6. The van der Waals surface area contributed by atoms with Gasteiger partial charge in [-0.1, -0.05) is 0 Å². The van der Waals surface area contributed by atoms with E-state index in [1.165, 1.54) is 27.1 Å². The molecule has 154 valence electrons. The Bertz CT molecular complexity index is 901. The van der Waals surface area contributed by atoms with E-state index in [-0.39, 0.29) is 12.2 Å². The molecule has 11 nitrogen and oxygen atoms in total. The third kappa shape index (κ3) is 4.47. The van der Waals surface area contributed by atoms with E-state index in [0.29, 0.717) is 0 Å². The average molecular weight is 398 g/mol. The summed E-state index contributed by atoms with van der Waals surface area (Å²) in [4.78, 5) is 58.8. The molecule has 0 aliphatic carbocycles. The zero-order chi connectivity index (χ0) is 21.2. The fourth-order valence-corrected chi connectivity index (χ4v) is 2.94. The van der Waals surface area contributed by atoms with E-state index in [0.717, 1.165) is 23.0 Å². The summed E-state index contributed by atoms with van der Waals surface area (Å²) in [5.74, 6) is -1.96. The van der Waals surface area contributed by atoms with Crippen LogP contribution in [0, 0.1) is 6.92 Å². The number of nitrogens with zero attached hydrogens (tertiary/aromatic N) is 2. The van der Waals surface area contributed by atoms with E-state index in [9.17, 15) is 24.0 Å². The number of hydrogen-bond acceptors (Lipinski definition) is 9. The van der Waals surface area contributed by atoms with Crippen LogP contribution in [-0.2, 0) is 40.4 Å². The zero-order valence-electron chi connectivity index (χ0n) is 16.2. The summed E-state index contributed by atoms with van der Waals surface area (Å²) in [6.07, 6.45) is -3.25. The second kappa shape index (κ2) is 8.38. The Morgan fingerprint density at radius 3 is 2.14 bits per heavy atom. The number of rotatable bonds is 5. The topological polar surface area (TPSA) is 132 Å². The molecule has 1 aromatic rings. The summed E-state index contributed by atoms with van der Waals surface area (Å²) in [5.41, 5.74) is -0.955. The van der Waals surface area contributed by atoms with Crippen LogP contribution in [-0.4, -0.2) is 52.0 Å². The van der Waals surface area contributed by atoms with Crippen LogP contribution in [0.3, 0.4) is 0 Å². The highest BCUT2D eigenvalue weighted by Gasteiger charge is 2.51. The number of esters is 3. The van der Waals surface area contributed by atoms with Gasteiger partial charge in [-0.05, 0) is 6.92 Å². The zero-order valence-corrected chi connectivity index (χ0v) is 16.2. The van der Waals surface area contributed by atoms with Crippen LogP contribution in [0.2, 0.25) is 0 Å². The monoisotopic (exact) mass is 398 g/mol. The quantitative estimate of drug-likeness (QED) is 0.461. The lowest BCUT2D eigenvalue weighted by Crippen LogP contribution is -2.45. The lowest BCUT2D eigenvalue weighted by atomic mass is 10.1. The van der Waals surface area contributed by atoms with Gasteiger partial charge in [0.2, 0.25) is 0 Å². The molecule has 1 fully saturated rings. The Morgan fingerprint density at radius 1 is 1.04 bits per heavy atom. The van der Waals surface area contributed by atoms with Gasteiger partial charge in [-0.3, -0.25) is 28.3 Å². The van der Waals surface area contributed by atoms with Crippen molar-refractivity contribution < 1.29 is 33.3 Å². The fraction of sp³-hybridized carbons (Fsp3) is 0.588. The molecule has 1 aliphatic heterocycles. The van der Waals surface area contributed by atoms with Gasteiger partial charge in [0.25, 0.3) is 5.56 Å². The highest BCUT2D eigenvalue weighted by Crippen LogP contribution is 2.33. The van der Waals surface area contributed by atoms with E-state index in [4.69, 9.17) is 18.9 Å². The number of aryl methyl sites for hydroxylation is 1. The molecule has 0 amide bonds. The molecule has 0 saturated carbocycles. The van der Waals surface area contributed by atoms with Gasteiger partial charge in [0, 0.05) is 39.6 Å². The van der Waals surface area contributed by atoms with Gasteiger partial charge in [0.05, 0.1) is 0 Å². The lowest BCUT2D eigenvalue weighted by Gasteiger charge is -2.24. The highest BCUT2D eigenvalue weighted by molar-refractivity contribution is 5.68. The molecule has 11 heteroatoms. The molecule has 1 unspecified atom stereocenters. The van der Waals surface area contributed by atoms with Crippen LogP contribution < -0.4 is 11.2 Å². The molecule has 2 heterocycles. The molecule has 28 heavy (non-hydrogen) atoms. The summed E-state index contributed by atoms with van der Waals surface area (Å²) in [6.45, 7) is 4.71. The van der Waals surface area contributed by atoms with Crippen molar-refractivity contribution in [3.63, 3.8) is 0 Å². The lowest BCUT2D eigenvalue weighted by molar-refractivity contribution is -0.166. The van der Waals surface area contributed by atoms with Crippen LogP contribution in [0.4, 0.5) is 0 Å². The van der Waals surface area contributed by atoms with E-state index < -0.39 is 53.7 Å². The standard InChI is InChI=1S/C17H22N2O9/c1-8-6-19(17(24)18(5)15(8)23)16-14(27-11(4)22)13(26-10(3)21)12(28-16)7-25-9(2)20/h6,12-14,16H,7H2,1-5H3/t12-,13?,14+,16-/m1/s1. The predicted molar refractivity (Wildman–Crippen MR) is 92.3 cm³/mol. The minimum absolute atomic E-state index is 0.250. The van der Waals surface area contributed by atoms with Crippen molar-refractivity contribution in [1.82, 2.24) is 9.13 Å². The first-order chi connectivity index (χ1) is 13.0.